The fourth-order valence-corrected chi connectivity index (χ4v) is 1.94. The number of hydrogen-bond donors (Lipinski definition) is 1. The van der Waals surface area contributed by atoms with Crippen LogP contribution < -0.4 is 0 Å². The molecule has 3 nitrogen and oxygen atoms in total. The van der Waals surface area contributed by atoms with Crippen LogP contribution in [0, 0.1) is 5.92 Å². The van der Waals surface area contributed by atoms with E-state index in [-0.39, 0.29) is 0 Å². The van der Waals surface area contributed by atoms with Crippen molar-refractivity contribution >= 4 is 0 Å². The fourth-order valence-electron chi connectivity index (χ4n) is 1.94. The maximum atomic E-state index is 9.97. The van der Waals surface area contributed by atoms with E-state index in [2.05, 4.69) is 37.8 Å². The molecule has 1 aromatic rings. The van der Waals surface area contributed by atoms with Crippen LogP contribution in [0.4, 0.5) is 0 Å². The molecule has 108 valence electrons. The predicted octanol–water partition coefficient (Wildman–Crippen LogP) is 2.54. The number of hydrogen-bond acceptors (Lipinski definition) is 3. The molecule has 0 amide bonds. The minimum atomic E-state index is -0.414. The number of likely N-dealkylation sites (N-methyl/N-ethyl adjacent to an activating group) is 1. The van der Waals surface area contributed by atoms with Crippen molar-refractivity contribution in [2.75, 3.05) is 26.3 Å². The summed E-state index contributed by atoms with van der Waals surface area (Å²) in [4.78, 5) is 2.23. The molecule has 0 aliphatic rings. The molecule has 0 saturated heterocycles. The smallest absolute Gasteiger partial charge is 0.0900 e. The molecule has 0 aliphatic heterocycles. The van der Waals surface area contributed by atoms with E-state index in [0.29, 0.717) is 25.7 Å². The van der Waals surface area contributed by atoms with Gasteiger partial charge < -0.3 is 9.84 Å². The zero-order valence-electron chi connectivity index (χ0n) is 12.4. The normalized spacial score (nSPS) is 13.2. The Bertz CT molecular complexity index is 327. The van der Waals surface area contributed by atoms with E-state index in [1.54, 1.807) is 0 Å². The van der Waals surface area contributed by atoms with E-state index in [1.165, 1.54) is 5.56 Å². The van der Waals surface area contributed by atoms with Crippen molar-refractivity contribution < 1.29 is 9.84 Å². The number of nitrogens with zero attached hydrogens (tertiary/aromatic N) is 1. The van der Waals surface area contributed by atoms with Crippen molar-refractivity contribution in [2.24, 2.45) is 5.92 Å². The largest absolute Gasteiger partial charge is 0.389 e. The van der Waals surface area contributed by atoms with Crippen molar-refractivity contribution in [3.63, 3.8) is 0 Å². The van der Waals surface area contributed by atoms with Crippen molar-refractivity contribution in [2.45, 2.75) is 33.4 Å². The van der Waals surface area contributed by atoms with Crippen molar-refractivity contribution in [3.8, 4) is 0 Å². The first kappa shape index (κ1) is 16.2. The summed E-state index contributed by atoms with van der Waals surface area (Å²) >= 11 is 0. The molecule has 0 fully saturated rings. The Hall–Kier alpha value is -0.900. The standard InChI is InChI=1S/C16H27NO2/c1-4-17(10-15-8-6-5-7-9-15)11-16(18)13-19-12-14(2)3/h5-9,14,16,18H,4,10-13H2,1-3H3. The molecule has 0 aromatic heterocycles. The Morgan fingerprint density at radius 3 is 2.42 bits per heavy atom. The first-order valence-corrected chi connectivity index (χ1v) is 7.14. The molecule has 0 radical (unpaired) electrons. The van der Waals surface area contributed by atoms with Crippen LogP contribution in [-0.2, 0) is 11.3 Å². The summed E-state index contributed by atoms with van der Waals surface area (Å²) < 4.78 is 5.48. The van der Waals surface area contributed by atoms with E-state index in [9.17, 15) is 5.11 Å². The van der Waals surface area contributed by atoms with Crippen LogP contribution in [-0.4, -0.2) is 42.4 Å². The lowest BCUT2D eigenvalue weighted by Gasteiger charge is -2.23. The summed E-state index contributed by atoms with van der Waals surface area (Å²) in [6.07, 6.45) is -0.414. The summed E-state index contributed by atoms with van der Waals surface area (Å²) in [5.41, 5.74) is 1.28. The average Bonchev–Trinajstić information content (AvgIpc) is 2.38. The first-order chi connectivity index (χ1) is 9.11. The highest BCUT2D eigenvalue weighted by Gasteiger charge is 2.11. The lowest BCUT2D eigenvalue weighted by atomic mass is 10.2. The van der Waals surface area contributed by atoms with E-state index < -0.39 is 6.10 Å². The maximum Gasteiger partial charge on any atom is 0.0900 e. The SMILES string of the molecule is CCN(Cc1ccccc1)CC(O)COCC(C)C. The highest BCUT2D eigenvalue weighted by atomic mass is 16.5. The Balaban J connectivity index is 2.31. The summed E-state index contributed by atoms with van der Waals surface area (Å²) in [7, 11) is 0. The third-order valence-electron chi connectivity index (χ3n) is 2.93. The molecule has 1 rings (SSSR count). The summed E-state index contributed by atoms with van der Waals surface area (Å²) in [6, 6.07) is 10.3. The molecule has 0 spiro atoms. The van der Waals surface area contributed by atoms with Crippen LogP contribution in [0.1, 0.15) is 26.3 Å². The summed E-state index contributed by atoms with van der Waals surface area (Å²) in [6.45, 7) is 9.93. The van der Waals surface area contributed by atoms with Gasteiger partial charge in [-0.2, -0.15) is 0 Å². The quantitative estimate of drug-likeness (QED) is 0.745. The molecular weight excluding hydrogens is 238 g/mol. The van der Waals surface area contributed by atoms with Gasteiger partial charge >= 0.3 is 0 Å². The molecule has 3 heteroatoms. The lowest BCUT2D eigenvalue weighted by Crippen LogP contribution is -2.34. The second-order valence-corrected chi connectivity index (χ2v) is 5.40. The van der Waals surface area contributed by atoms with Gasteiger partial charge in [0.2, 0.25) is 0 Å². The Kier molecular flexibility index (Phi) is 7.72. The third kappa shape index (κ3) is 7.31. The van der Waals surface area contributed by atoms with Crippen LogP contribution in [0.2, 0.25) is 0 Å². The average molecular weight is 265 g/mol. The fraction of sp³-hybridized carbons (Fsp3) is 0.625. The maximum absolute atomic E-state index is 9.97. The van der Waals surface area contributed by atoms with Crippen molar-refractivity contribution in [1.29, 1.82) is 0 Å². The zero-order chi connectivity index (χ0) is 14.1. The van der Waals surface area contributed by atoms with Crippen molar-refractivity contribution in [1.82, 2.24) is 4.90 Å². The lowest BCUT2D eigenvalue weighted by molar-refractivity contribution is 0.00772. The Labute approximate surface area is 117 Å². The van der Waals surface area contributed by atoms with E-state index >= 15 is 0 Å². The summed E-state index contributed by atoms with van der Waals surface area (Å²) in [5, 5.41) is 9.97. The van der Waals surface area contributed by atoms with Gasteiger partial charge in [0.1, 0.15) is 0 Å². The van der Waals surface area contributed by atoms with E-state index in [4.69, 9.17) is 4.74 Å². The highest BCUT2D eigenvalue weighted by Crippen LogP contribution is 2.05. The van der Waals surface area contributed by atoms with Gasteiger partial charge in [-0.1, -0.05) is 51.1 Å². The third-order valence-corrected chi connectivity index (χ3v) is 2.93. The number of benzene rings is 1. The predicted molar refractivity (Wildman–Crippen MR) is 79.1 cm³/mol. The summed E-state index contributed by atoms with van der Waals surface area (Å²) in [5.74, 6) is 0.513. The zero-order valence-corrected chi connectivity index (χ0v) is 12.4. The van der Waals surface area contributed by atoms with Crippen LogP contribution >= 0.6 is 0 Å². The Morgan fingerprint density at radius 1 is 1.16 bits per heavy atom. The Morgan fingerprint density at radius 2 is 1.84 bits per heavy atom. The van der Waals surface area contributed by atoms with Gasteiger partial charge in [0.05, 0.1) is 12.7 Å². The molecule has 0 bridgehead atoms. The van der Waals surface area contributed by atoms with Gasteiger partial charge in [-0.05, 0) is 18.0 Å². The van der Waals surface area contributed by atoms with Gasteiger partial charge in [0.15, 0.2) is 0 Å². The van der Waals surface area contributed by atoms with Crippen LogP contribution in [0.25, 0.3) is 0 Å². The van der Waals surface area contributed by atoms with Crippen LogP contribution in [0.3, 0.4) is 0 Å². The molecule has 1 atom stereocenters. The van der Waals surface area contributed by atoms with Gasteiger partial charge in [-0.25, -0.2) is 0 Å². The number of ether oxygens (including phenoxy) is 1. The molecule has 19 heavy (non-hydrogen) atoms. The monoisotopic (exact) mass is 265 g/mol. The molecule has 1 unspecified atom stereocenters. The van der Waals surface area contributed by atoms with Gasteiger partial charge in [0.25, 0.3) is 0 Å². The van der Waals surface area contributed by atoms with Gasteiger partial charge in [-0.15, -0.1) is 0 Å². The minimum Gasteiger partial charge on any atom is -0.389 e. The van der Waals surface area contributed by atoms with E-state index in [1.807, 2.05) is 18.2 Å². The number of aliphatic hydroxyl groups is 1. The number of rotatable bonds is 9. The second-order valence-electron chi connectivity index (χ2n) is 5.40. The minimum absolute atomic E-state index is 0.414. The van der Waals surface area contributed by atoms with E-state index in [0.717, 1.165) is 13.1 Å². The van der Waals surface area contributed by atoms with Crippen molar-refractivity contribution in [3.05, 3.63) is 35.9 Å². The van der Waals surface area contributed by atoms with Crippen LogP contribution in [0.5, 0.6) is 0 Å². The first-order valence-electron chi connectivity index (χ1n) is 7.14. The highest BCUT2D eigenvalue weighted by molar-refractivity contribution is 5.14. The molecule has 1 N–H and O–H groups in total. The second kappa shape index (κ2) is 9.08. The molecule has 1 aromatic carbocycles. The molecule has 0 saturated carbocycles. The molecule has 0 heterocycles. The molecular formula is C16H27NO2. The van der Waals surface area contributed by atoms with Crippen LogP contribution in [0.15, 0.2) is 30.3 Å². The van der Waals surface area contributed by atoms with Gasteiger partial charge in [-0.3, -0.25) is 4.90 Å². The topological polar surface area (TPSA) is 32.7 Å². The van der Waals surface area contributed by atoms with Gasteiger partial charge in [0, 0.05) is 19.7 Å². The number of aliphatic hydroxyl groups excluding tert-OH is 1. The molecule has 0 aliphatic carbocycles.